The largest absolute Gasteiger partial charge is 0.383 e. The van der Waals surface area contributed by atoms with Gasteiger partial charge in [-0.25, -0.2) is 4.98 Å². The molecule has 0 fully saturated rings. The highest BCUT2D eigenvalue weighted by atomic mass is 79.9. The van der Waals surface area contributed by atoms with Gasteiger partial charge in [0.25, 0.3) is 0 Å². The summed E-state index contributed by atoms with van der Waals surface area (Å²) >= 11 is 9.46. The summed E-state index contributed by atoms with van der Waals surface area (Å²) in [5, 5.41) is 0.649. The molecule has 1 aromatic carbocycles. The molecule has 0 saturated heterocycles. The molecule has 21 heavy (non-hydrogen) atoms. The van der Waals surface area contributed by atoms with Crippen LogP contribution in [0.5, 0.6) is 0 Å². The summed E-state index contributed by atoms with van der Waals surface area (Å²) in [6.07, 6.45) is 5.45. The number of terminal acetylenes is 1. The number of rotatable bonds is 2. The van der Waals surface area contributed by atoms with Crippen molar-refractivity contribution in [3.05, 3.63) is 33.5 Å². The summed E-state index contributed by atoms with van der Waals surface area (Å²) in [4.78, 5) is 4.72. The summed E-state index contributed by atoms with van der Waals surface area (Å²) in [5.41, 5.74) is 7.75. The standard InChI is InChI=1S/C16H17BrClN3/c1-5-8-21-14(19)13(20-15(21)16(2,3)4)10-6-7-12(18)11(17)9-10/h1,6-7,9H,8,19H2,2-4H3. The molecule has 0 radical (unpaired) electrons. The van der Waals surface area contributed by atoms with Crippen molar-refractivity contribution in [3.63, 3.8) is 0 Å². The van der Waals surface area contributed by atoms with Gasteiger partial charge >= 0.3 is 0 Å². The molecule has 0 saturated carbocycles. The highest BCUT2D eigenvalue weighted by molar-refractivity contribution is 9.10. The predicted molar refractivity (Wildman–Crippen MR) is 92.3 cm³/mol. The normalized spacial score (nSPS) is 11.4. The molecule has 0 spiro atoms. The second-order valence-corrected chi connectivity index (χ2v) is 7.10. The molecule has 2 aromatic rings. The number of benzene rings is 1. The Hall–Kier alpha value is -1.44. The zero-order valence-corrected chi connectivity index (χ0v) is 14.6. The number of aromatic nitrogens is 2. The number of nitrogen functional groups attached to an aromatic ring is 1. The van der Waals surface area contributed by atoms with Crippen LogP contribution in [0.15, 0.2) is 22.7 Å². The van der Waals surface area contributed by atoms with Crippen LogP contribution < -0.4 is 5.73 Å². The van der Waals surface area contributed by atoms with Gasteiger partial charge in [-0.2, -0.15) is 0 Å². The van der Waals surface area contributed by atoms with E-state index in [1.807, 2.05) is 22.8 Å². The molecular weight excluding hydrogens is 350 g/mol. The lowest BCUT2D eigenvalue weighted by molar-refractivity contribution is 0.517. The van der Waals surface area contributed by atoms with E-state index in [1.165, 1.54) is 0 Å². The van der Waals surface area contributed by atoms with Crippen LogP contribution in [0.1, 0.15) is 26.6 Å². The third kappa shape index (κ3) is 3.09. The molecule has 0 unspecified atom stereocenters. The van der Waals surface area contributed by atoms with E-state index in [9.17, 15) is 0 Å². The SMILES string of the molecule is C#CCn1c(C(C)(C)C)nc(-c2ccc(Cl)c(Br)c2)c1N. The van der Waals surface area contributed by atoms with Crippen molar-refractivity contribution < 1.29 is 0 Å². The molecule has 0 aliphatic rings. The van der Waals surface area contributed by atoms with E-state index in [1.54, 1.807) is 0 Å². The number of nitrogens with two attached hydrogens (primary N) is 1. The van der Waals surface area contributed by atoms with Gasteiger partial charge in [0, 0.05) is 15.5 Å². The van der Waals surface area contributed by atoms with E-state index in [-0.39, 0.29) is 5.41 Å². The third-order valence-corrected chi connectivity index (χ3v) is 4.33. The van der Waals surface area contributed by atoms with Crippen LogP contribution in [-0.2, 0) is 12.0 Å². The predicted octanol–water partition coefficient (Wildman–Crippen LogP) is 4.48. The van der Waals surface area contributed by atoms with Crippen LogP contribution in [-0.4, -0.2) is 9.55 Å². The topological polar surface area (TPSA) is 43.8 Å². The molecule has 5 heteroatoms. The third-order valence-electron chi connectivity index (χ3n) is 3.12. The van der Waals surface area contributed by atoms with Crippen molar-refractivity contribution >= 4 is 33.3 Å². The van der Waals surface area contributed by atoms with E-state index >= 15 is 0 Å². The second-order valence-electron chi connectivity index (χ2n) is 5.84. The summed E-state index contributed by atoms with van der Waals surface area (Å²) in [6, 6.07) is 5.63. The fraction of sp³-hybridized carbons (Fsp3) is 0.312. The van der Waals surface area contributed by atoms with E-state index in [2.05, 4.69) is 42.6 Å². The van der Waals surface area contributed by atoms with Crippen molar-refractivity contribution in [2.45, 2.75) is 32.7 Å². The molecule has 2 N–H and O–H groups in total. The van der Waals surface area contributed by atoms with E-state index in [0.717, 1.165) is 21.6 Å². The Balaban J connectivity index is 2.65. The van der Waals surface area contributed by atoms with Crippen LogP contribution >= 0.6 is 27.5 Å². The Bertz CT molecular complexity index is 720. The average Bonchev–Trinajstić information content (AvgIpc) is 2.71. The summed E-state index contributed by atoms with van der Waals surface area (Å²) in [5.74, 6) is 4.09. The summed E-state index contributed by atoms with van der Waals surface area (Å²) < 4.78 is 2.70. The molecule has 1 aromatic heterocycles. The van der Waals surface area contributed by atoms with Gasteiger partial charge in [0.1, 0.15) is 17.3 Å². The van der Waals surface area contributed by atoms with Crippen LogP contribution in [0, 0.1) is 12.3 Å². The molecule has 0 aliphatic carbocycles. The first kappa shape index (κ1) is 15.9. The molecule has 3 nitrogen and oxygen atoms in total. The minimum atomic E-state index is -0.146. The maximum Gasteiger partial charge on any atom is 0.132 e. The average molecular weight is 367 g/mol. The minimum Gasteiger partial charge on any atom is -0.383 e. The molecule has 1 heterocycles. The van der Waals surface area contributed by atoms with Gasteiger partial charge in [-0.3, -0.25) is 0 Å². The van der Waals surface area contributed by atoms with Crippen molar-refractivity contribution in [1.82, 2.24) is 9.55 Å². The lowest BCUT2D eigenvalue weighted by Gasteiger charge is -2.18. The Morgan fingerprint density at radius 3 is 2.62 bits per heavy atom. The highest BCUT2D eigenvalue weighted by Gasteiger charge is 2.25. The van der Waals surface area contributed by atoms with Gasteiger partial charge in [0.15, 0.2) is 0 Å². The molecular formula is C16H17BrClN3. The van der Waals surface area contributed by atoms with Crippen LogP contribution in [0.3, 0.4) is 0 Å². The smallest absolute Gasteiger partial charge is 0.132 e. The van der Waals surface area contributed by atoms with Gasteiger partial charge in [0.05, 0.1) is 11.6 Å². The lowest BCUT2D eigenvalue weighted by Crippen LogP contribution is -2.19. The highest BCUT2D eigenvalue weighted by Crippen LogP contribution is 2.34. The Morgan fingerprint density at radius 1 is 1.43 bits per heavy atom. The van der Waals surface area contributed by atoms with Crippen LogP contribution in [0.25, 0.3) is 11.3 Å². The van der Waals surface area contributed by atoms with Crippen molar-refractivity contribution in [3.8, 4) is 23.6 Å². The first-order valence-electron chi connectivity index (χ1n) is 6.51. The molecule has 2 rings (SSSR count). The lowest BCUT2D eigenvalue weighted by atomic mass is 9.95. The van der Waals surface area contributed by atoms with E-state index < -0.39 is 0 Å². The second kappa shape index (κ2) is 5.75. The Labute approximate surface area is 138 Å². The van der Waals surface area contributed by atoms with Crippen molar-refractivity contribution in [2.75, 3.05) is 5.73 Å². The van der Waals surface area contributed by atoms with Crippen molar-refractivity contribution in [2.24, 2.45) is 0 Å². The van der Waals surface area contributed by atoms with Gasteiger partial charge in [-0.05, 0) is 28.1 Å². The van der Waals surface area contributed by atoms with E-state index in [4.69, 9.17) is 28.7 Å². The Kier molecular flexibility index (Phi) is 4.36. The van der Waals surface area contributed by atoms with Crippen LogP contribution in [0.4, 0.5) is 5.82 Å². The number of imidazole rings is 1. The van der Waals surface area contributed by atoms with Gasteiger partial charge in [-0.1, -0.05) is 44.4 Å². The number of anilines is 1. The number of hydrogen-bond acceptors (Lipinski definition) is 2. The molecule has 0 aliphatic heterocycles. The van der Waals surface area contributed by atoms with Crippen LogP contribution in [0.2, 0.25) is 5.02 Å². The van der Waals surface area contributed by atoms with Gasteiger partial charge in [0.2, 0.25) is 0 Å². The van der Waals surface area contributed by atoms with E-state index in [0.29, 0.717) is 17.4 Å². The van der Waals surface area contributed by atoms with Gasteiger partial charge in [-0.15, -0.1) is 6.42 Å². The fourth-order valence-electron chi connectivity index (χ4n) is 2.15. The molecule has 0 atom stereocenters. The fourth-order valence-corrected chi connectivity index (χ4v) is 2.64. The summed E-state index contributed by atoms with van der Waals surface area (Å²) in [7, 11) is 0. The number of halogens is 2. The Morgan fingerprint density at radius 2 is 2.10 bits per heavy atom. The zero-order valence-electron chi connectivity index (χ0n) is 12.2. The minimum absolute atomic E-state index is 0.146. The zero-order chi connectivity index (χ0) is 15.8. The summed E-state index contributed by atoms with van der Waals surface area (Å²) in [6.45, 7) is 6.66. The molecule has 0 amide bonds. The molecule has 110 valence electrons. The number of hydrogen-bond donors (Lipinski definition) is 1. The quantitative estimate of drug-likeness (QED) is 0.796. The first-order valence-corrected chi connectivity index (χ1v) is 7.68. The molecule has 0 bridgehead atoms. The first-order chi connectivity index (χ1) is 9.75. The van der Waals surface area contributed by atoms with Crippen molar-refractivity contribution in [1.29, 1.82) is 0 Å². The monoisotopic (exact) mass is 365 g/mol. The maximum atomic E-state index is 6.26. The van der Waals surface area contributed by atoms with Gasteiger partial charge < -0.3 is 10.3 Å². The maximum absolute atomic E-state index is 6.26. The number of nitrogens with zero attached hydrogens (tertiary/aromatic N) is 2.